The van der Waals surface area contributed by atoms with Crippen LogP contribution in [0.3, 0.4) is 0 Å². The third kappa shape index (κ3) is 4.28. The number of anilines is 1. The van der Waals surface area contributed by atoms with E-state index in [2.05, 4.69) is 5.32 Å². The second-order valence-corrected chi connectivity index (χ2v) is 8.32. The van der Waals surface area contributed by atoms with E-state index < -0.39 is 15.9 Å². The second kappa shape index (κ2) is 8.62. The Labute approximate surface area is 165 Å². The van der Waals surface area contributed by atoms with E-state index >= 15 is 0 Å². The molecule has 3 rings (SSSR count). The van der Waals surface area contributed by atoms with Crippen molar-refractivity contribution in [2.45, 2.75) is 24.7 Å². The Hall–Kier alpha value is -2.58. The number of ether oxygens (including phenoxy) is 2. The Balaban J connectivity index is 1.86. The highest BCUT2D eigenvalue weighted by molar-refractivity contribution is 7.89. The predicted octanol–water partition coefficient (Wildman–Crippen LogP) is 3.13. The minimum absolute atomic E-state index is 0.0899. The van der Waals surface area contributed by atoms with Gasteiger partial charge in [0.15, 0.2) is 0 Å². The van der Waals surface area contributed by atoms with Gasteiger partial charge in [-0.3, -0.25) is 4.79 Å². The molecule has 150 valence electrons. The van der Waals surface area contributed by atoms with Crippen LogP contribution < -0.4 is 14.8 Å². The molecular formula is C20H24N2O5S. The molecule has 0 atom stereocenters. The van der Waals surface area contributed by atoms with E-state index in [4.69, 9.17) is 9.47 Å². The number of amides is 1. The minimum Gasteiger partial charge on any atom is -0.496 e. The molecule has 1 aliphatic heterocycles. The van der Waals surface area contributed by atoms with Gasteiger partial charge >= 0.3 is 0 Å². The molecule has 1 heterocycles. The number of nitrogens with one attached hydrogen (secondary N) is 1. The Kier molecular flexibility index (Phi) is 6.21. The largest absolute Gasteiger partial charge is 0.496 e. The van der Waals surface area contributed by atoms with Crippen LogP contribution in [0.25, 0.3) is 0 Å². The number of methoxy groups -OCH3 is 1. The SMILES string of the molecule is CCOc1ccc(NC(=O)c2cc(S(=O)(=O)N3CCCC3)ccc2OC)cc1. The smallest absolute Gasteiger partial charge is 0.259 e. The molecule has 0 aliphatic carbocycles. The summed E-state index contributed by atoms with van der Waals surface area (Å²) in [5, 5.41) is 2.77. The van der Waals surface area contributed by atoms with E-state index in [1.807, 2.05) is 6.92 Å². The van der Waals surface area contributed by atoms with Crippen LogP contribution in [-0.2, 0) is 10.0 Å². The maximum absolute atomic E-state index is 12.8. The summed E-state index contributed by atoms with van der Waals surface area (Å²) < 4.78 is 37.7. The molecule has 0 saturated carbocycles. The maximum atomic E-state index is 12.8. The summed E-state index contributed by atoms with van der Waals surface area (Å²) in [4.78, 5) is 12.9. The first-order chi connectivity index (χ1) is 13.5. The molecule has 0 unspecified atom stereocenters. The number of hydrogen-bond donors (Lipinski definition) is 1. The van der Waals surface area contributed by atoms with Crippen LogP contribution in [0.2, 0.25) is 0 Å². The molecule has 2 aromatic rings. The molecule has 2 aromatic carbocycles. The Morgan fingerprint density at radius 2 is 1.79 bits per heavy atom. The van der Waals surface area contributed by atoms with Crippen LogP contribution in [0, 0.1) is 0 Å². The lowest BCUT2D eigenvalue weighted by Crippen LogP contribution is -2.28. The average molecular weight is 404 g/mol. The van der Waals surface area contributed by atoms with Crippen molar-refractivity contribution in [1.29, 1.82) is 0 Å². The lowest BCUT2D eigenvalue weighted by Gasteiger charge is -2.17. The molecule has 0 radical (unpaired) electrons. The number of hydrogen-bond acceptors (Lipinski definition) is 5. The normalized spacial score (nSPS) is 14.6. The van der Waals surface area contributed by atoms with Gasteiger partial charge in [0.2, 0.25) is 10.0 Å². The van der Waals surface area contributed by atoms with Gasteiger partial charge in [0.05, 0.1) is 24.2 Å². The summed E-state index contributed by atoms with van der Waals surface area (Å²) >= 11 is 0. The first-order valence-electron chi connectivity index (χ1n) is 9.18. The number of nitrogens with zero attached hydrogens (tertiary/aromatic N) is 1. The number of carbonyl (C=O) groups is 1. The summed E-state index contributed by atoms with van der Waals surface area (Å²) in [6, 6.07) is 11.3. The molecule has 1 fully saturated rings. The summed E-state index contributed by atoms with van der Waals surface area (Å²) in [6.45, 7) is 3.45. The third-order valence-electron chi connectivity index (χ3n) is 4.54. The van der Waals surface area contributed by atoms with Crippen molar-refractivity contribution >= 4 is 21.6 Å². The first kappa shape index (κ1) is 20.2. The van der Waals surface area contributed by atoms with Gasteiger partial charge in [-0.15, -0.1) is 0 Å². The van der Waals surface area contributed by atoms with Crippen LogP contribution in [0.5, 0.6) is 11.5 Å². The Bertz CT molecular complexity index is 936. The zero-order valence-electron chi connectivity index (χ0n) is 16.0. The van der Waals surface area contributed by atoms with E-state index in [0.29, 0.717) is 36.9 Å². The van der Waals surface area contributed by atoms with Gasteiger partial charge in [0.1, 0.15) is 11.5 Å². The highest BCUT2D eigenvalue weighted by atomic mass is 32.2. The predicted molar refractivity (Wildman–Crippen MR) is 107 cm³/mol. The molecule has 1 saturated heterocycles. The standard InChI is InChI=1S/C20H24N2O5S/c1-3-27-16-8-6-15(7-9-16)21-20(23)18-14-17(10-11-19(18)26-2)28(24,25)22-12-4-5-13-22/h6-11,14H,3-5,12-13H2,1-2H3,(H,21,23). The minimum atomic E-state index is -3.62. The van der Waals surface area contributed by atoms with Gasteiger partial charge in [0.25, 0.3) is 5.91 Å². The van der Waals surface area contributed by atoms with Crippen LogP contribution in [0.1, 0.15) is 30.1 Å². The molecule has 0 spiro atoms. The van der Waals surface area contributed by atoms with E-state index in [-0.39, 0.29) is 10.5 Å². The highest BCUT2D eigenvalue weighted by Crippen LogP contribution is 2.27. The molecule has 1 amide bonds. The van der Waals surface area contributed by atoms with Crippen LogP contribution in [-0.4, -0.2) is 45.4 Å². The molecule has 0 aromatic heterocycles. The Morgan fingerprint density at radius 3 is 2.39 bits per heavy atom. The van der Waals surface area contributed by atoms with Crippen LogP contribution >= 0.6 is 0 Å². The number of rotatable bonds is 7. The fourth-order valence-electron chi connectivity index (χ4n) is 3.10. The van der Waals surface area contributed by atoms with Gasteiger partial charge in [-0.25, -0.2) is 8.42 Å². The average Bonchev–Trinajstić information content (AvgIpc) is 3.25. The van der Waals surface area contributed by atoms with Gasteiger partial charge in [-0.2, -0.15) is 4.31 Å². The topological polar surface area (TPSA) is 84.9 Å². The van der Waals surface area contributed by atoms with Crippen LogP contribution in [0.15, 0.2) is 47.4 Å². The fourth-order valence-corrected chi connectivity index (χ4v) is 4.65. The number of benzene rings is 2. The zero-order valence-corrected chi connectivity index (χ0v) is 16.8. The van der Waals surface area contributed by atoms with Gasteiger partial charge in [-0.05, 0) is 62.2 Å². The van der Waals surface area contributed by atoms with Crippen molar-refractivity contribution in [2.75, 3.05) is 32.1 Å². The summed E-state index contributed by atoms with van der Waals surface area (Å²) in [7, 11) is -2.18. The molecule has 1 N–H and O–H groups in total. The highest BCUT2D eigenvalue weighted by Gasteiger charge is 2.28. The number of carbonyl (C=O) groups excluding carboxylic acids is 1. The maximum Gasteiger partial charge on any atom is 0.259 e. The monoisotopic (exact) mass is 404 g/mol. The van der Waals surface area contributed by atoms with E-state index in [1.54, 1.807) is 24.3 Å². The van der Waals surface area contributed by atoms with Gasteiger partial charge in [0, 0.05) is 18.8 Å². The molecular weight excluding hydrogens is 380 g/mol. The Morgan fingerprint density at radius 1 is 1.11 bits per heavy atom. The molecule has 7 nitrogen and oxygen atoms in total. The van der Waals surface area contributed by atoms with E-state index in [9.17, 15) is 13.2 Å². The molecule has 8 heteroatoms. The first-order valence-corrected chi connectivity index (χ1v) is 10.6. The number of sulfonamides is 1. The molecule has 1 aliphatic rings. The van der Waals surface area contributed by atoms with Gasteiger partial charge in [-0.1, -0.05) is 0 Å². The van der Waals surface area contributed by atoms with Crippen molar-refractivity contribution in [3.63, 3.8) is 0 Å². The van der Waals surface area contributed by atoms with E-state index in [0.717, 1.165) is 12.8 Å². The van der Waals surface area contributed by atoms with Crippen molar-refractivity contribution in [2.24, 2.45) is 0 Å². The lowest BCUT2D eigenvalue weighted by atomic mass is 10.2. The van der Waals surface area contributed by atoms with Crippen molar-refractivity contribution in [1.82, 2.24) is 4.31 Å². The van der Waals surface area contributed by atoms with Crippen LogP contribution in [0.4, 0.5) is 5.69 Å². The summed E-state index contributed by atoms with van der Waals surface area (Å²) in [5.41, 5.74) is 0.736. The van der Waals surface area contributed by atoms with Crippen molar-refractivity contribution in [3.05, 3.63) is 48.0 Å². The fraction of sp³-hybridized carbons (Fsp3) is 0.350. The molecule has 28 heavy (non-hydrogen) atoms. The zero-order chi connectivity index (χ0) is 20.1. The van der Waals surface area contributed by atoms with Crippen molar-refractivity contribution in [3.8, 4) is 11.5 Å². The summed E-state index contributed by atoms with van der Waals surface area (Å²) in [6.07, 6.45) is 1.70. The quantitative estimate of drug-likeness (QED) is 0.766. The second-order valence-electron chi connectivity index (χ2n) is 6.38. The molecule has 0 bridgehead atoms. The summed E-state index contributed by atoms with van der Waals surface area (Å²) in [5.74, 6) is 0.570. The third-order valence-corrected chi connectivity index (χ3v) is 6.44. The van der Waals surface area contributed by atoms with Crippen molar-refractivity contribution < 1.29 is 22.7 Å². The lowest BCUT2D eigenvalue weighted by molar-refractivity contribution is 0.102. The van der Waals surface area contributed by atoms with E-state index in [1.165, 1.54) is 29.6 Å². The van der Waals surface area contributed by atoms with Gasteiger partial charge < -0.3 is 14.8 Å².